The molecule has 2 aromatic carbocycles. The van der Waals surface area contributed by atoms with Crippen molar-refractivity contribution in [1.82, 2.24) is 5.43 Å². The zero-order valence-electron chi connectivity index (χ0n) is 14.5. The van der Waals surface area contributed by atoms with Gasteiger partial charge in [-0.1, -0.05) is 12.1 Å². The van der Waals surface area contributed by atoms with E-state index in [4.69, 9.17) is 15.2 Å². The number of nitrogens with one attached hydrogen (secondary N) is 2. The number of ether oxygens (including phenoxy) is 2. The van der Waals surface area contributed by atoms with Crippen molar-refractivity contribution in [1.29, 1.82) is 0 Å². The highest BCUT2D eigenvalue weighted by Crippen LogP contribution is 2.27. The van der Waals surface area contributed by atoms with E-state index in [-0.39, 0.29) is 12.5 Å². The summed E-state index contributed by atoms with van der Waals surface area (Å²) in [7, 11) is 1.48. The summed E-state index contributed by atoms with van der Waals surface area (Å²) in [6, 6.07) is 11.7. The molecule has 0 unspecified atom stereocenters. The van der Waals surface area contributed by atoms with Crippen LogP contribution in [0.15, 0.2) is 47.6 Å². The van der Waals surface area contributed by atoms with Gasteiger partial charge in [0.05, 0.1) is 13.3 Å². The van der Waals surface area contributed by atoms with Crippen molar-refractivity contribution in [2.75, 3.05) is 19.0 Å². The lowest BCUT2D eigenvalue weighted by Gasteiger charge is -2.11. The number of methoxy groups -OCH3 is 1. The fourth-order valence-electron chi connectivity index (χ4n) is 2.12. The van der Waals surface area contributed by atoms with Crippen LogP contribution in [0.1, 0.15) is 11.1 Å². The lowest BCUT2D eigenvalue weighted by Crippen LogP contribution is -2.24. The van der Waals surface area contributed by atoms with E-state index in [1.807, 2.05) is 25.1 Å². The van der Waals surface area contributed by atoms with E-state index in [1.165, 1.54) is 13.3 Å². The third kappa shape index (κ3) is 5.82. The van der Waals surface area contributed by atoms with Gasteiger partial charge in [0.1, 0.15) is 0 Å². The molecule has 0 aliphatic rings. The van der Waals surface area contributed by atoms with Crippen LogP contribution >= 0.6 is 0 Å². The molecule has 0 fully saturated rings. The quantitative estimate of drug-likeness (QED) is 0.520. The Balaban J connectivity index is 1.96. The standard InChI is InChI=1S/C18H20N4O4/c1-12-4-3-5-14(8-12)21-17(23)11-26-15-7-6-13(9-16(15)25-2)10-20-22-18(19)24/h3-10H,11H2,1-2H3,(H,21,23)(H3,19,22,24)/b20-10+. The minimum atomic E-state index is -0.757. The molecule has 0 aliphatic heterocycles. The van der Waals surface area contributed by atoms with Crippen molar-refractivity contribution < 1.29 is 19.1 Å². The first-order chi connectivity index (χ1) is 12.5. The minimum Gasteiger partial charge on any atom is -0.493 e. The van der Waals surface area contributed by atoms with Crippen molar-refractivity contribution in [3.05, 3.63) is 53.6 Å². The largest absolute Gasteiger partial charge is 0.493 e. The molecule has 0 aromatic heterocycles. The monoisotopic (exact) mass is 356 g/mol. The highest BCUT2D eigenvalue weighted by atomic mass is 16.5. The number of urea groups is 1. The summed E-state index contributed by atoms with van der Waals surface area (Å²) in [6.07, 6.45) is 1.40. The number of rotatable bonds is 7. The topological polar surface area (TPSA) is 115 Å². The van der Waals surface area contributed by atoms with E-state index in [9.17, 15) is 9.59 Å². The van der Waals surface area contributed by atoms with Crippen LogP contribution in [0.2, 0.25) is 0 Å². The van der Waals surface area contributed by atoms with Gasteiger partial charge in [0.15, 0.2) is 18.1 Å². The van der Waals surface area contributed by atoms with Crippen molar-refractivity contribution >= 4 is 23.8 Å². The molecule has 0 radical (unpaired) electrons. The third-order valence-electron chi connectivity index (χ3n) is 3.24. The van der Waals surface area contributed by atoms with E-state index in [1.54, 1.807) is 24.3 Å². The Hall–Kier alpha value is -3.55. The number of hydrazone groups is 1. The Morgan fingerprint density at radius 2 is 2.00 bits per heavy atom. The van der Waals surface area contributed by atoms with Gasteiger partial charge in [0, 0.05) is 5.69 Å². The first-order valence-electron chi connectivity index (χ1n) is 7.74. The Bertz CT molecular complexity index is 821. The van der Waals surface area contributed by atoms with Crippen LogP contribution in [0, 0.1) is 6.92 Å². The van der Waals surface area contributed by atoms with Gasteiger partial charge in [-0.15, -0.1) is 0 Å². The Morgan fingerprint density at radius 3 is 2.69 bits per heavy atom. The molecule has 2 rings (SSSR count). The van der Waals surface area contributed by atoms with E-state index in [0.717, 1.165) is 5.56 Å². The number of nitrogens with two attached hydrogens (primary N) is 1. The maximum atomic E-state index is 12.0. The molecule has 4 N–H and O–H groups in total. The van der Waals surface area contributed by atoms with Gasteiger partial charge in [-0.25, -0.2) is 10.2 Å². The van der Waals surface area contributed by atoms with Gasteiger partial charge in [-0.2, -0.15) is 5.10 Å². The van der Waals surface area contributed by atoms with Crippen LogP contribution in [0.25, 0.3) is 0 Å². The molecule has 8 heteroatoms. The predicted molar refractivity (Wildman–Crippen MR) is 98.6 cm³/mol. The summed E-state index contributed by atoms with van der Waals surface area (Å²) in [4.78, 5) is 22.6. The molecule has 26 heavy (non-hydrogen) atoms. The number of nitrogens with zero attached hydrogens (tertiary/aromatic N) is 1. The van der Waals surface area contributed by atoms with Crippen molar-refractivity contribution in [3.8, 4) is 11.5 Å². The van der Waals surface area contributed by atoms with E-state index in [0.29, 0.717) is 22.7 Å². The van der Waals surface area contributed by atoms with Crippen LogP contribution in [-0.2, 0) is 4.79 Å². The van der Waals surface area contributed by atoms with Gasteiger partial charge < -0.3 is 20.5 Å². The first-order valence-corrected chi connectivity index (χ1v) is 7.74. The van der Waals surface area contributed by atoms with Crippen molar-refractivity contribution in [2.45, 2.75) is 6.92 Å². The zero-order valence-corrected chi connectivity index (χ0v) is 14.5. The molecule has 2 aromatic rings. The lowest BCUT2D eigenvalue weighted by molar-refractivity contribution is -0.118. The molecule has 0 atom stereocenters. The normalized spacial score (nSPS) is 10.4. The number of hydrogen-bond acceptors (Lipinski definition) is 5. The SMILES string of the molecule is COc1cc(/C=N/NC(N)=O)ccc1OCC(=O)Nc1cccc(C)c1. The highest BCUT2D eigenvalue weighted by molar-refractivity contribution is 5.92. The minimum absolute atomic E-state index is 0.166. The summed E-state index contributed by atoms with van der Waals surface area (Å²) in [5.41, 5.74) is 9.43. The Morgan fingerprint density at radius 1 is 1.19 bits per heavy atom. The second-order valence-corrected chi connectivity index (χ2v) is 5.35. The molecule has 136 valence electrons. The van der Waals surface area contributed by atoms with Crippen molar-refractivity contribution in [2.24, 2.45) is 10.8 Å². The zero-order chi connectivity index (χ0) is 18.9. The van der Waals surface area contributed by atoms with Gasteiger partial charge in [0.25, 0.3) is 5.91 Å². The first kappa shape index (κ1) is 18.8. The second-order valence-electron chi connectivity index (χ2n) is 5.35. The maximum absolute atomic E-state index is 12.0. The maximum Gasteiger partial charge on any atom is 0.332 e. The average Bonchev–Trinajstić information content (AvgIpc) is 2.60. The molecule has 0 heterocycles. The second kappa shape index (κ2) is 9.07. The molecule has 0 aliphatic carbocycles. The summed E-state index contributed by atoms with van der Waals surface area (Å²) in [5.74, 6) is 0.553. The lowest BCUT2D eigenvalue weighted by atomic mass is 10.2. The van der Waals surface area contributed by atoms with E-state index >= 15 is 0 Å². The smallest absolute Gasteiger partial charge is 0.332 e. The fraction of sp³-hybridized carbons (Fsp3) is 0.167. The van der Waals surface area contributed by atoms with Crippen molar-refractivity contribution in [3.63, 3.8) is 0 Å². The number of primary amides is 1. The molecule has 0 saturated heterocycles. The van der Waals surface area contributed by atoms with Crippen LogP contribution in [0.4, 0.5) is 10.5 Å². The molecule has 0 bridgehead atoms. The summed E-state index contributed by atoms with van der Waals surface area (Å²) < 4.78 is 10.8. The molecular formula is C18H20N4O4. The van der Waals surface area contributed by atoms with Crippen LogP contribution < -0.4 is 25.9 Å². The fourth-order valence-corrected chi connectivity index (χ4v) is 2.12. The predicted octanol–water partition coefficient (Wildman–Crippen LogP) is 2.02. The number of hydrogen-bond donors (Lipinski definition) is 3. The van der Waals surface area contributed by atoms with Crippen LogP contribution in [0.5, 0.6) is 11.5 Å². The Labute approximate surface area is 151 Å². The molecule has 3 amide bonds. The molecule has 8 nitrogen and oxygen atoms in total. The molecular weight excluding hydrogens is 336 g/mol. The number of carbonyl (C=O) groups is 2. The number of aryl methyl sites for hydroxylation is 1. The molecule has 0 spiro atoms. The number of amides is 3. The summed E-state index contributed by atoms with van der Waals surface area (Å²) >= 11 is 0. The van der Waals surface area contributed by atoms with Gasteiger partial charge in [-0.05, 0) is 48.4 Å². The van der Waals surface area contributed by atoms with E-state index < -0.39 is 6.03 Å². The van der Waals surface area contributed by atoms with Gasteiger partial charge in [-0.3, -0.25) is 4.79 Å². The van der Waals surface area contributed by atoms with Crippen LogP contribution in [-0.4, -0.2) is 31.9 Å². The Kier molecular flexibility index (Phi) is 6.55. The highest BCUT2D eigenvalue weighted by Gasteiger charge is 2.09. The van der Waals surface area contributed by atoms with Gasteiger partial charge >= 0.3 is 6.03 Å². The average molecular weight is 356 g/mol. The van der Waals surface area contributed by atoms with E-state index in [2.05, 4.69) is 15.8 Å². The number of benzene rings is 2. The van der Waals surface area contributed by atoms with Gasteiger partial charge in [0.2, 0.25) is 0 Å². The van der Waals surface area contributed by atoms with Crippen LogP contribution in [0.3, 0.4) is 0 Å². The number of carbonyl (C=O) groups excluding carboxylic acids is 2. The molecule has 0 saturated carbocycles. The summed E-state index contributed by atoms with van der Waals surface area (Å²) in [6.45, 7) is 1.78. The number of anilines is 1. The summed E-state index contributed by atoms with van der Waals surface area (Å²) in [5, 5.41) is 6.43. The third-order valence-corrected chi connectivity index (χ3v) is 3.24.